The number of rotatable bonds is 1. The molecule has 1 nitrogen and oxygen atoms in total. The van der Waals surface area contributed by atoms with Gasteiger partial charge in [0.2, 0.25) is 0 Å². The normalized spacial score (nSPS) is 20.0. The van der Waals surface area contributed by atoms with Crippen molar-refractivity contribution in [1.82, 2.24) is 0 Å². The van der Waals surface area contributed by atoms with Gasteiger partial charge in [0.25, 0.3) is 0 Å². The Kier molecular flexibility index (Phi) is 3.30. The second kappa shape index (κ2) is 4.44. The van der Waals surface area contributed by atoms with Crippen LogP contribution in [0, 0.1) is 5.92 Å². The third-order valence-corrected chi connectivity index (χ3v) is 4.45. The average Bonchev–Trinajstić information content (AvgIpc) is 2.26. The quantitative estimate of drug-likeness (QED) is 0.811. The number of alkyl halides is 3. The van der Waals surface area contributed by atoms with Gasteiger partial charge in [-0.3, -0.25) is 0 Å². The smallest absolute Gasteiger partial charge is 0.383 e. The fraction of sp³-hybridized carbons (Fsp3) is 0.500. The van der Waals surface area contributed by atoms with E-state index in [-0.39, 0.29) is 0 Å². The Hall–Kier alpha value is -0.840. The summed E-state index contributed by atoms with van der Waals surface area (Å²) in [5, 5.41) is 3.50. The fourth-order valence-corrected chi connectivity index (χ4v) is 2.90. The first-order chi connectivity index (χ1) is 7.88. The van der Waals surface area contributed by atoms with Gasteiger partial charge in [0.15, 0.2) is 0 Å². The highest BCUT2D eigenvalue weighted by atomic mass is 32.2. The SMILES string of the molecule is CC(C)C1CNc2cc(C(F)(F)F)ccc2S1. The molecule has 0 saturated carbocycles. The zero-order valence-electron chi connectivity index (χ0n) is 9.64. The minimum absolute atomic E-state index is 0.416. The number of halogens is 3. The Morgan fingerprint density at radius 1 is 1.35 bits per heavy atom. The average molecular weight is 261 g/mol. The molecule has 0 aliphatic carbocycles. The zero-order valence-corrected chi connectivity index (χ0v) is 10.5. The number of fused-ring (bicyclic) bond motifs is 1. The van der Waals surface area contributed by atoms with E-state index in [1.807, 2.05) is 0 Å². The van der Waals surface area contributed by atoms with Gasteiger partial charge in [-0.2, -0.15) is 13.2 Å². The highest BCUT2D eigenvalue weighted by Crippen LogP contribution is 2.40. The fourth-order valence-electron chi connectivity index (χ4n) is 1.73. The minimum atomic E-state index is -4.27. The summed E-state index contributed by atoms with van der Waals surface area (Å²) in [5.41, 5.74) is 0.00840. The predicted octanol–water partition coefficient (Wildman–Crippen LogP) is 4.25. The van der Waals surface area contributed by atoms with E-state index in [4.69, 9.17) is 0 Å². The van der Waals surface area contributed by atoms with Crippen molar-refractivity contribution in [3.8, 4) is 0 Å². The molecule has 17 heavy (non-hydrogen) atoms. The van der Waals surface area contributed by atoms with E-state index in [9.17, 15) is 13.2 Å². The molecule has 0 bridgehead atoms. The van der Waals surface area contributed by atoms with Crippen molar-refractivity contribution in [3.63, 3.8) is 0 Å². The van der Waals surface area contributed by atoms with Crippen molar-refractivity contribution in [3.05, 3.63) is 23.8 Å². The third-order valence-electron chi connectivity index (χ3n) is 2.82. The molecule has 1 aromatic carbocycles. The van der Waals surface area contributed by atoms with Gasteiger partial charge in [0, 0.05) is 22.4 Å². The lowest BCUT2D eigenvalue weighted by Gasteiger charge is -2.28. The van der Waals surface area contributed by atoms with Crippen LogP contribution in [0.3, 0.4) is 0 Å². The molecular weight excluding hydrogens is 247 g/mol. The summed E-state index contributed by atoms with van der Waals surface area (Å²) in [6, 6.07) is 3.90. The minimum Gasteiger partial charge on any atom is -0.383 e. The van der Waals surface area contributed by atoms with Crippen LogP contribution in [0.5, 0.6) is 0 Å². The first-order valence-corrected chi connectivity index (χ1v) is 6.37. The van der Waals surface area contributed by atoms with Gasteiger partial charge in [-0.15, -0.1) is 11.8 Å². The number of hydrogen-bond donors (Lipinski definition) is 1. The van der Waals surface area contributed by atoms with Crippen LogP contribution in [0.1, 0.15) is 19.4 Å². The molecule has 5 heteroatoms. The Labute approximate surface area is 103 Å². The summed E-state index contributed by atoms with van der Waals surface area (Å²) in [4.78, 5) is 0.906. The van der Waals surface area contributed by atoms with Crippen molar-refractivity contribution in [2.24, 2.45) is 5.92 Å². The molecule has 1 atom stereocenters. The van der Waals surface area contributed by atoms with Crippen molar-refractivity contribution in [1.29, 1.82) is 0 Å². The monoisotopic (exact) mass is 261 g/mol. The van der Waals surface area contributed by atoms with E-state index < -0.39 is 11.7 Å². The first kappa shape index (κ1) is 12.6. The maximum atomic E-state index is 12.5. The summed E-state index contributed by atoms with van der Waals surface area (Å²) < 4.78 is 37.6. The predicted molar refractivity (Wildman–Crippen MR) is 64.4 cm³/mol. The Morgan fingerprint density at radius 3 is 2.65 bits per heavy atom. The lowest BCUT2D eigenvalue weighted by atomic mass is 10.1. The van der Waals surface area contributed by atoms with E-state index >= 15 is 0 Å². The Morgan fingerprint density at radius 2 is 2.06 bits per heavy atom. The number of thioether (sulfide) groups is 1. The molecule has 0 aromatic heterocycles. The molecule has 1 aromatic rings. The molecule has 1 unspecified atom stereocenters. The van der Waals surface area contributed by atoms with Gasteiger partial charge in [0.05, 0.1) is 5.56 Å². The molecule has 94 valence electrons. The number of nitrogens with one attached hydrogen (secondary N) is 1. The van der Waals surface area contributed by atoms with Gasteiger partial charge >= 0.3 is 6.18 Å². The number of hydrogen-bond acceptors (Lipinski definition) is 2. The van der Waals surface area contributed by atoms with Crippen LogP contribution in [0.2, 0.25) is 0 Å². The van der Waals surface area contributed by atoms with Gasteiger partial charge in [-0.25, -0.2) is 0 Å². The molecule has 0 radical (unpaired) electrons. The molecule has 1 aliphatic rings. The summed E-state index contributed by atoms with van der Waals surface area (Å²) in [5.74, 6) is 0.503. The lowest BCUT2D eigenvalue weighted by Crippen LogP contribution is -2.26. The molecule has 0 fully saturated rings. The maximum Gasteiger partial charge on any atom is 0.416 e. The van der Waals surface area contributed by atoms with Crippen molar-refractivity contribution < 1.29 is 13.2 Å². The van der Waals surface area contributed by atoms with E-state index in [1.165, 1.54) is 6.07 Å². The van der Waals surface area contributed by atoms with Gasteiger partial charge in [-0.05, 0) is 24.1 Å². The molecule has 1 heterocycles. The summed E-state index contributed by atoms with van der Waals surface area (Å²) in [7, 11) is 0. The number of anilines is 1. The molecule has 0 spiro atoms. The molecule has 0 saturated heterocycles. The van der Waals surface area contributed by atoms with Crippen LogP contribution in [0.15, 0.2) is 23.1 Å². The van der Waals surface area contributed by atoms with Crippen LogP contribution >= 0.6 is 11.8 Å². The van der Waals surface area contributed by atoms with E-state index in [0.717, 1.165) is 17.5 Å². The van der Waals surface area contributed by atoms with E-state index in [1.54, 1.807) is 17.8 Å². The Balaban J connectivity index is 2.26. The molecule has 1 N–H and O–H groups in total. The van der Waals surface area contributed by atoms with Crippen molar-refractivity contribution >= 4 is 17.4 Å². The zero-order chi connectivity index (χ0) is 12.6. The van der Waals surface area contributed by atoms with Crippen molar-refractivity contribution in [2.45, 2.75) is 30.2 Å². The molecular formula is C12H14F3NS. The summed E-state index contributed by atoms with van der Waals surface area (Å²) in [6.45, 7) is 4.96. The van der Waals surface area contributed by atoms with E-state index in [0.29, 0.717) is 16.9 Å². The second-order valence-electron chi connectivity index (χ2n) is 4.49. The highest BCUT2D eigenvalue weighted by Gasteiger charge is 2.32. The second-order valence-corrected chi connectivity index (χ2v) is 5.77. The third kappa shape index (κ3) is 2.70. The van der Waals surface area contributed by atoms with Crippen LogP contribution < -0.4 is 5.32 Å². The Bertz CT molecular complexity index is 415. The molecule has 2 rings (SSSR count). The topological polar surface area (TPSA) is 12.0 Å². The van der Waals surface area contributed by atoms with Crippen LogP contribution in [0.4, 0.5) is 18.9 Å². The summed E-state index contributed by atoms with van der Waals surface area (Å²) in [6.07, 6.45) is -4.27. The van der Waals surface area contributed by atoms with Gasteiger partial charge < -0.3 is 5.32 Å². The van der Waals surface area contributed by atoms with Gasteiger partial charge in [-0.1, -0.05) is 13.8 Å². The standard InChI is InChI=1S/C12H14F3NS/c1-7(2)11-6-16-9-5-8(12(13,14)15)3-4-10(9)17-11/h3-5,7,11,16H,6H2,1-2H3. The summed E-state index contributed by atoms with van der Waals surface area (Å²) >= 11 is 1.65. The van der Waals surface area contributed by atoms with Crippen molar-refractivity contribution in [2.75, 3.05) is 11.9 Å². The first-order valence-electron chi connectivity index (χ1n) is 5.49. The highest BCUT2D eigenvalue weighted by molar-refractivity contribution is 8.00. The van der Waals surface area contributed by atoms with Gasteiger partial charge in [0.1, 0.15) is 0 Å². The lowest BCUT2D eigenvalue weighted by molar-refractivity contribution is -0.137. The van der Waals surface area contributed by atoms with Crippen LogP contribution in [-0.2, 0) is 6.18 Å². The number of benzene rings is 1. The van der Waals surface area contributed by atoms with E-state index in [2.05, 4.69) is 19.2 Å². The largest absolute Gasteiger partial charge is 0.416 e. The molecule has 0 amide bonds. The van der Waals surface area contributed by atoms with Crippen LogP contribution in [0.25, 0.3) is 0 Å². The van der Waals surface area contributed by atoms with Crippen LogP contribution in [-0.4, -0.2) is 11.8 Å². The maximum absolute atomic E-state index is 12.5. The molecule has 1 aliphatic heterocycles.